The van der Waals surface area contributed by atoms with Crippen LogP contribution in [0.5, 0.6) is 0 Å². The van der Waals surface area contributed by atoms with Crippen LogP contribution in [0.15, 0.2) is 42.1 Å². The van der Waals surface area contributed by atoms with Gasteiger partial charge in [-0.1, -0.05) is 30.7 Å². The lowest BCUT2D eigenvalue weighted by Crippen LogP contribution is -2.01. The molecule has 0 aliphatic rings. The molecule has 0 saturated carbocycles. The molecule has 82 valence electrons. The summed E-state index contributed by atoms with van der Waals surface area (Å²) in [6, 6.07) is 10.3. The van der Waals surface area contributed by atoms with Gasteiger partial charge < -0.3 is 5.73 Å². The Balaban J connectivity index is 2.43. The first-order valence-electron chi connectivity index (χ1n) is 5.57. The molecule has 2 nitrogen and oxygen atoms in total. The lowest BCUT2D eigenvalue weighted by Gasteiger charge is -2.02. The van der Waals surface area contributed by atoms with E-state index in [9.17, 15) is 0 Å². The highest BCUT2D eigenvalue weighted by molar-refractivity contribution is 5.81. The van der Waals surface area contributed by atoms with E-state index in [0.717, 1.165) is 11.9 Å². The molecule has 0 amide bonds. The van der Waals surface area contributed by atoms with E-state index in [1.165, 1.54) is 16.5 Å². The predicted molar refractivity (Wildman–Crippen MR) is 69.1 cm³/mol. The van der Waals surface area contributed by atoms with E-state index in [1.807, 2.05) is 18.3 Å². The van der Waals surface area contributed by atoms with E-state index in [-0.39, 0.29) is 0 Å². The fourth-order valence-electron chi connectivity index (χ4n) is 1.72. The van der Waals surface area contributed by atoms with Crippen molar-refractivity contribution in [3.05, 3.63) is 47.7 Å². The summed E-state index contributed by atoms with van der Waals surface area (Å²) in [5.41, 5.74) is 9.16. The van der Waals surface area contributed by atoms with Crippen LogP contribution in [0.25, 0.3) is 17.0 Å². The second kappa shape index (κ2) is 4.90. The molecule has 1 aromatic carbocycles. The molecular formula is C14H16N2. The quantitative estimate of drug-likeness (QED) is 0.849. The van der Waals surface area contributed by atoms with E-state index in [1.54, 1.807) is 0 Å². The Kier molecular flexibility index (Phi) is 3.32. The number of pyridine rings is 1. The largest absolute Gasteiger partial charge is 0.327 e. The van der Waals surface area contributed by atoms with Gasteiger partial charge in [0.1, 0.15) is 0 Å². The van der Waals surface area contributed by atoms with E-state index in [4.69, 9.17) is 5.73 Å². The molecule has 16 heavy (non-hydrogen) atoms. The van der Waals surface area contributed by atoms with E-state index in [2.05, 4.69) is 36.2 Å². The van der Waals surface area contributed by atoms with Gasteiger partial charge >= 0.3 is 0 Å². The van der Waals surface area contributed by atoms with Gasteiger partial charge in [0.05, 0.1) is 5.52 Å². The van der Waals surface area contributed by atoms with Gasteiger partial charge in [-0.25, -0.2) is 0 Å². The fraction of sp³-hybridized carbons (Fsp3) is 0.214. The van der Waals surface area contributed by atoms with Gasteiger partial charge in [0, 0.05) is 18.1 Å². The van der Waals surface area contributed by atoms with Gasteiger partial charge in [-0.3, -0.25) is 4.98 Å². The molecule has 0 spiro atoms. The van der Waals surface area contributed by atoms with Crippen molar-refractivity contribution in [2.45, 2.75) is 13.3 Å². The Morgan fingerprint density at radius 2 is 2.25 bits per heavy atom. The van der Waals surface area contributed by atoms with Crippen LogP contribution in [0.2, 0.25) is 0 Å². The third-order valence-electron chi connectivity index (χ3n) is 2.71. The summed E-state index contributed by atoms with van der Waals surface area (Å²) in [6.45, 7) is 2.75. The molecule has 1 aromatic heterocycles. The maximum Gasteiger partial charge on any atom is 0.0702 e. The zero-order chi connectivity index (χ0) is 11.4. The summed E-state index contributed by atoms with van der Waals surface area (Å²) in [5, 5.41) is 1.17. The number of hydrogen-bond acceptors (Lipinski definition) is 2. The second-order valence-corrected chi connectivity index (χ2v) is 3.82. The average Bonchev–Trinajstić information content (AvgIpc) is 2.35. The summed E-state index contributed by atoms with van der Waals surface area (Å²) >= 11 is 0. The van der Waals surface area contributed by atoms with Crippen molar-refractivity contribution in [2.75, 3.05) is 6.54 Å². The average molecular weight is 212 g/mol. The van der Waals surface area contributed by atoms with Gasteiger partial charge in [0.2, 0.25) is 0 Å². The zero-order valence-electron chi connectivity index (χ0n) is 9.48. The van der Waals surface area contributed by atoms with Crippen LogP contribution < -0.4 is 5.73 Å². The molecule has 2 heteroatoms. The molecule has 1 heterocycles. The van der Waals surface area contributed by atoms with Crippen LogP contribution in [-0.4, -0.2) is 11.5 Å². The van der Waals surface area contributed by atoms with Crippen molar-refractivity contribution >= 4 is 17.0 Å². The van der Waals surface area contributed by atoms with E-state index < -0.39 is 0 Å². The molecule has 0 fully saturated rings. The van der Waals surface area contributed by atoms with Gasteiger partial charge in [0.25, 0.3) is 0 Å². The number of rotatable bonds is 3. The highest BCUT2D eigenvalue weighted by Gasteiger charge is 1.96. The molecular weight excluding hydrogens is 196 g/mol. The van der Waals surface area contributed by atoms with Crippen LogP contribution in [0.4, 0.5) is 0 Å². The Bertz CT molecular complexity index is 509. The lowest BCUT2D eigenvalue weighted by molar-refractivity contribution is 1.02. The minimum atomic E-state index is 0.627. The normalized spacial score (nSPS) is 12.0. The Labute approximate surface area is 95.8 Å². The van der Waals surface area contributed by atoms with Crippen LogP contribution in [0.1, 0.15) is 18.9 Å². The van der Waals surface area contributed by atoms with Crippen LogP contribution >= 0.6 is 0 Å². The van der Waals surface area contributed by atoms with Gasteiger partial charge in [-0.05, 0) is 30.2 Å². The lowest BCUT2D eigenvalue weighted by atomic mass is 10.1. The van der Waals surface area contributed by atoms with Crippen molar-refractivity contribution in [3.63, 3.8) is 0 Å². The standard InChI is InChI=1S/C14H16N2/c1-2-11(10-15)8-12-5-6-14-13(9-12)4-3-7-16-14/h3-9H,2,10,15H2,1H3. The van der Waals surface area contributed by atoms with Crippen LogP contribution in [0.3, 0.4) is 0 Å². The summed E-state index contributed by atoms with van der Waals surface area (Å²) < 4.78 is 0. The first kappa shape index (κ1) is 10.8. The molecule has 0 unspecified atom stereocenters. The zero-order valence-corrected chi connectivity index (χ0v) is 9.48. The Morgan fingerprint density at radius 3 is 3.00 bits per heavy atom. The van der Waals surface area contributed by atoms with E-state index >= 15 is 0 Å². The minimum Gasteiger partial charge on any atom is -0.327 e. The molecule has 2 rings (SSSR count). The van der Waals surface area contributed by atoms with Gasteiger partial charge in [0.15, 0.2) is 0 Å². The molecule has 0 radical (unpaired) electrons. The van der Waals surface area contributed by atoms with Crippen molar-refractivity contribution in [1.82, 2.24) is 4.98 Å². The van der Waals surface area contributed by atoms with Crippen molar-refractivity contribution in [3.8, 4) is 0 Å². The molecule has 2 N–H and O–H groups in total. The molecule has 0 aliphatic carbocycles. The number of hydrogen-bond donors (Lipinski definition) is 1. The number of benzene rings is 1. The maximum atomic E-state index is 5.66. The number of fused-ring (bicyclic) bond motifs is 1. The van der Waals surface area contributed by atoms with Gasteiger partial charge in [-0.15, -0.1) is 0 Å². The Morgan fingerprint density at radius 1 is 1.38 bits per heavy atom. The van der Waals surface area contributed by atoms with Crippen molar-refractivity contribution in [1.29, 1.82) is 0 Å². The topological polar surface area (TPSA) is 38.9 Å². The van der Waals surface area contributed by atoms with Crippen LogP contribution in [0, 0.1) is 0 Å². The van der Waals surface area contributed by atoms with Gasteiger partial charge in [-0.2, -0.15) is 0 Å². The summed E-state index contributed by atoms with van der Waals surface area (Å²) in [7, 11) is 0. The second-order valence-electron chi connectivity index (χ2n) is 3.82. The molecule has 2 aromatic rings. The predicted octanol–water partition coefficient (Wildman–Crippen LogP) is 2.99. The minimum absolute atomic E-state index is 0.627. The van der Waals surface area contributed by atoms with Crippen molar-refractivity contribution in [2.24, 2.45) is 5.73 Å². The fourth-order valence-corrected chi connectivity index (χ4v) is 1.72. The maximum absolute atomic E-state index is 5.66. The molecule has 0 saturated heterocycles. The summed E-state index contributed by atoms with van der Waals surface area (Å²) in [6.07, 6.45) is 4.98. The first-order valence-corrected chi connectivity index (χ1v) is 5.57. The third-order valence-corrected chi connectivity index (χ3v) is 2.71. The number of nitrogens with two attached hydrogens (primary N) is 1. The molecule has 0 bridgehead atoms. The first-order chi connectivity index (χ1) is 7.83. The van der Waals surface area contributed by atoms with Crippen molar-refractivity contribution < 1.29 is 0 Å². The smallest absolute Gasteiger partial charge is 0.0702 e. The summed E-state index contributed by atoms with van der Waals surface area (Å²) in [5.74, 6) is 0. The number of aromatic nitrogens is 1. The highest BCUT2D eigenvalue weighted by atomic mass is 14.6. The van der Waals surface area contributed by atoms with Crippen LogP contribution in [-0.2, 0) is 0 Å². The SMILES string of the molecule is CCC(=Cc1ccc2ncccc2c1)CN. The molecule has 0 aliphatic heterocycles. The Hall–Kier alpha value is -1.67. The third kappa shape index (κ3) is 2.28. The summed E-state index contributed by atoms with van der Waals surface area (Å²) in [4.78, 5) is 4.30. The monoisotopic (exact) mass is 212 g/mol. The number of nitrogens with zero attached hydrogens (tertiary/aromatic N) is 1. The molecule has 0 atom stereocenters. The highest BCUT2D eigenvalue weighted by Crippen LogP contribution is 2.16. The van der Waals surface area contributed by atoms with E-state index in [0.29, 0.717) is 6.54 Å².